The monoisotopic (exact) mass is 473 g/mol. The van der Waals surface area contributed by atoms with E-state index in [4.69, 9.17) is 19.7 Å². The van der Waals surface area contributed by atoms with Gasteiger partial charge < -0.3 is 25.0 Å². The normalized spacial score (nSPS) is 13.9. The average Bonchev–Trinajstić information content (AvgIpc) is 2.93. The van der Waals surface area contributed by atoms with E-state index in [1.807, 2.05) is 32.0 Å². The lowest BCUT2D eigenvalue weighted by Gasteiger charge is -2.10. The minimum atomic E-state index is 0. The van der Waals surface area contributed by atoms with Gasteiger partial charge in [-0.05, 0) is 12.1 Å². The first-order valence-corrected chi connectivity index (χ1v) is 8.41. The van der Waals surface area contributed by atoms with Gasteiger partial charge in [0.1, 0.15) is 0 Å². The molecular weight excluding hydrogens is 449 g/mol. The van der Waals surface area contributed by atoms with Gasteiger partial charge in [0.05, 0.1) is 19.8 Å². The summed E-state index contributed by atoms with van der Waals surface area (Å²) in [4.78, 5) is 8.59. The third kappa shape index (κ3) is 5.48. The summed E-state index contributed by atoms with van der Waals surface area (Å²) >= 11 is 0. The van der Waals surface area contributed by atoms with Gasteiger partial charge in [0.25, 0.3) is 0 Å². The van der Waals surface area contributed by atoms with E-state index in [-0.39, 0.29) is 29.9 Å². The Morgan fingerprint density at radius 2 is 2.04 bits per heavy atom. The number of hydrogen-bond acceptors (Lipinski definition) is 6. The van der Waals surface area contributed by atoms with Crippen LogP contribution in [0.5, 0.6) is 11.5 Å². The zero-order valence-electron chi connectivity index (χ0n) is 14.9. The van der Waals surface area contributed by atoms with E-state index in [9.17, 15) is 0 Å². The molecule has 8 nitrogen and oxygen atoms in total. The van der Waals surface area contributed by atoms with Crippen LogP contribution in [0, 0.1) is 0 Å². The van der Waals surface area contributed by atoms with Crippen molar-refractivity contribution in [1.29, 1.82) is 0 Å². The summed E-state index contributed by atoms with van der Waals surface area (Å²) in [6.07, 6.45) is 1.42. The van der Waals surface area contributed by atoms with Crippen LogP contribution in [-0.4, -0.2) is 35.9 Å². The van der Waals surface area contributed by atoms with Gasteiger partial charge in [-0.3, -0.25) is 4.99 Å². The molecule has 3 N–H and O–H groups in total. The Hall–Kier alpha value is -2.04. The molecule has 26 heavy (non-hydrogen) atoms. The highest BCUT2D eigenvalue weighted by Gasteiger charge is 2.11. The van der Waals surface area contributed by atoms with Crippen molar-refractivity contribution < 1.29 is 14.0 Å². The van der Waals surface area contributed by atoms with E-state index in [0.29, 0.717) is 49.6 Å². The topological polar surface area (TPSA) is 108 Å². The van der Waals surface area contributed by atoms with Gasteiger partial charge in [-0.25, -0.2) is 0 Å². The lowest BCUT2D eigenvalue weighted by atomic mass is 10.2. The first-order chi connectivity index (χ1) is 12.1. The van der Waals surface area contributed by atoms with Crippen molar-refractivity contribution in [3.8, 4) is 11.5 Å². The van der Waals surface area contributed by atoms with Crippen molar-refractivity contribution in [2.75, 3.05) is 25.1 Å². The summed E-state index contributed by atoms with van der Waals surface area (Å²) in [5.41, 5.74) is 6.73. The van der Waals surface area contributed by atoms with Gasteiger partial charge in [0.2, 0.25) is 5.89 Å². The molecule has 2 heterocycles. The fourth-order valence-electron chi connectivity index (χ4n) is 2.30. The molecule has 0 spiro atoms. The summed E-state index contributed by atoms with van der Waals surface area (Å²) in [5.74, 6) is 3.29. The van der Waals surface area contributed by atoms with E-state index < -0.39 is 0 Å². The van der Waals surface area contributed by atoms with Gasteiger partial charge in [-0.15, -0.1) is 24.0 Å². The molecule has 0 fully saturated rings. The third-order valence-electron chi connectivity index (χ3n) is 3.63. The van der Waals surface area contributed by atoms with Crippen LogP contribution < -0.4 is 20.5 Å². The molecule has 0 aliphatic carbocycles. The number of nitrogens with zero attached hydrogens (tertiary/aromatic N) is 3. The molecule has 0 saturated carbocycles. The van der Waals surface area contributed by atoms with Gasteiger partial charge in [0, 0.05) is 30.5 Å². The van der Waals surface area contributed by atoms with Gasteiger partial charge in [0.15, 0.2) is 23.3 Å². The Labute approximate surface area is 169 Å². The molecule has 0 atom stereocenters. The van der Waals surface area contributed by atoms with Crippen molar-refractivity contribution in [2.45, 2.75) is 32.6 Å². The summed E-state index contributed by atoms with van der Waals surface area (Å²) in [5, 5.41) is 6.97. The van der Waals surface area contributed by atoms with E-state index >= 15 is 0 Å². The number of anilines is 1. The van der Waals surface area contributed by atoms with Crippen molar-refractivity contribution in [1.82, 2.24) is 10.1 Å². The highest BCUT2D eigenvalue weighted by atomic mass is 127. The predicted octanol–water partition coefficient (Wildman–Crippen LogP) is 2.94. The molecule has 1 aliphatic heterocycles. The minimum absolute atomic E-state index is 0. The second-order valence-electron chi connectivity index (χ2n) is 6.05. The summed E-state index contributed by atoms with van der Waals surface area (Å²) in [6, 6.07) is 5.60. The fourth-order valence-corrected chi connectivity index (χ4v) is 2.30. The molecule has 0 radical (unpaired) electrons. The Balaban J connectivity index is 0.00000243. The molecule has 0 saturated heterocycles. The average molecular weight is 473 g/mol. The highest BCUT2D eigenvalue weighted by molar-refractivity contribution is 14.0. The van der Waals surface area contributed by atoms with E-state index in [1.165, 1.54) is 0 Å². The lowest BCUT2D eigenvalue weighted by molar-refractivity contribution is 0.297. The molecule has 142 valence electrons. The summed E-state index contributed by atoms with van der Waals surface area (Å²) in [6.45, 7) is 5.80. The largest absolute Gasteiger partial charge is 0.490 e. The summed E-state index contributed by atoms with van der Waals surface area (Å²) in [7, 11) is 0. The molecular formula is C17H24IN5O3. The van der Waals surface area contributed by atoms with Crippen LogP contribution in [0.2, 0.25) is 0 Å². The number of aromatic nitrogens is 2. The smallest absolute Gasteiger partial charge is 0.228 e. The molecule has 0 amide bonds. The van der Waals surface area contributed by atoms with E-state index in [2.05, 4.69) is 20.4 Å². The summed E-state index contributed by atoms with van der Waals surface area (Å²) < 4.78 is 16.4. The number of fused-ring (bicyclic) bond motifs is 1. The number of benzene rings is 1. The van der Waals surface area contributed by atoms with Gasteiger partial charge in [-0.2, -0.15) is 4.98 Å². The van der Waals surface area contributed by atoms with Crippen LogP contribution in [0.25, 0.3) is 0 Å². The SMILES string of the molecule is CC(C)c1noc(CCN=C(N)Nc2ccc3c(c2)OCCCO3)n1.I. The molecule has 1 aromatic heterocycles. The number of nitrogens with one attached hydrogen (secondary N) is 1. The third-order valence-corrected chi connectivity index (χ3v) is 3.63. The van der Waals surface area contributed by atoms with Crippen LogP contribution in [-0.2, 0) is 6.42 Å². The zero-order valence-corrected chi connectivity index (χ0v) is 17.2. The van der Waals surface area contributed by atoms with E-state index in [0.717, 1.165) is 17.9 Å². The number of aliphatic imine (C=N–C) groups is 1. The maximum absolute atomic E-state index is 5.93. The highest BCUT2D eigenvalue weighted by Crippen LogP contribution is 2.32. The first kappa shape index (κ1) is 20.3. The van der Waals surface area contributed by atoms with Crippen molar-refractivity contribution in [2.24, 2.45) is 10.7 Å². The molecule has 2 aromatic rings. The van der Waals surface area contributed by atoms with Crippen LogP contribution in [0.15, 0.2) is 27.7 Å². The molecule has 0 bridgehead atoms. The first-order valence-electron chi connectivity index (χ1n) is 8.41. The fraction of sp³-hybridized carbons (Fsp3) is 0.471. The standard InChI is InChI=1S/C17H23N5O3.HI/c1-11(2)16-21-15(25-22-16)6-7-19-17(18)20-12-4-5-13-14(10-12)24-9-3-8-23-13;/h4-5,10-11H,3,6-9H2,1-2H3,(H3,18,19,20);1H. The predicted molar refractivity (Wildman–Crippen MR) is 110 cm³/mol. The minimum Gasteiger partial charge on any atom is -0.490 e. The van der Waals surface area contributed by atoms with Crippen LogP contribution in [0.4, 0.5) is 5.69 Å². The number of nitrogens with two attached hydrogens (primary N) is 1. The van der Waals surface area contributed by atoms with Crippen molar-refractivity contribution in [3.05, 3.63) is 29.9 Å². The molecule has 1 aliphatic rings. The number of guanidine groups is 1. The zero-order chi connectivity index (χ0) is 17.6. The number of halogens is 1. The number of hydrogen-bond donors (Lipinski definition) is 2. The number of rotatable bonds is 5. The maximum atomic E-state index is 5.93. The molecule has 0 unspecified atom stereocenters. The van der Waals surface area contributed by atoms with Gasteiger partial charge in [-0.1, -0.05) is 19.0 Å². The van der Waals surface area contributed by atoms with Crippen molar-refractivity contribution >= 4 is 35.6 Å². The Kier molecular flexibility index (Phi) is 7.49. The van der Waals surface area contributed by atoms with Crippen LogP contribution >= 0.6 is 24.0 Å². The second kappa shape index (κ2) is 9.60. The van der Waals surface area contributed by atoms with Gasteiger partial charge >= 0.3 is 0 Å². The Morgan fingerprint density at radius 1 is 1.27 bits per heavy atom. The number of ether oxygens (including phenoxy) is 2. The van der Waals surface area contributed by atoms with Crippen LogP contribution in [0.1, 0.15) is 37.9 Å². The second-order valence-corrected chi connectivity index (χ2v) is 6.05. The Bertz CT molecular complexity index is 748. The lowest BCUT2D eigenvalue weighted by Crippen LogP contribution is -2.23. The molecule has 9 heteroatoms. The molecule has 1 aromatic carbocycles. The van der Waals surface area contributed by atoms with Crippen LogP contribution in [0.3, 0.4) is 0 Å². The van der Waals surface area contributed by atoms with E-state index in [1.54, 1.807) is 0 Å². The Morgan fingerprint density at radius 3 is 2.77 bits per heavy atom. The molecule has 3 rings (SSSR count). The maximum Gasteiger partial charge on any atom is 0.228 e. The quantitative estimate of drug-likeness (QED) is 0.391. The van der Waals surface area contributed by atoms with Crippen molar-refractivity contribution in [3.63, 3.8) is 0 Å².